The molecular formula is C21H36N2OSi. The average molecular weight is 361 g/mol. The van der Waals surface area contributed by atoms with E-state index in [0.29, 0.717) is 0 Å². The van der Waals surface area contributed by atoms with Gasteiger partial charge in [0.2, 0.25) is 0 Å². The van der Waals surface area contributed by atoms with Gasteiger partial charge in [-0.25, -0.2) is 0 Å². The van der Waals surface area contributed by atoms with Gasteiger partial charge in [0.05, 0.1) is 6.61 Å². The summed E-state index contributed by atoms with van der Waals surface area (Å²) in [5.41, 5.74) is 2.75. The third-order valence-corrected chi connectivity index (χ3v) is 9.65. The zero-order chi connectivity index (χ0) is 18.9. The van der Waals surface area contributed by atoms with Crippen molar-refractivity contribution in [1.29, 1.82) is 0 Å². The van der Waals surface area contributed by atoms with Crippen LogP contribution >= 0.6 is 0 Å². The topological polar surface area (TPSA) is 26.2 Å². The lowest BCUT2D eigenvalue weighted by atomic mass is 9.97. The van der Waals surface area contributed by atoms with E-state index in [1.54, 1.807) is 0 Å². The van der Waals surface area contributed by atoms with Crippen molar-refractivity contribution in [3.8, 4) is 0 Å². The number of benzene rings is 1. The van der Waals surface area contributed by atoms with Crippen LogP contribution in [0.15, 0.2) is 30.5 Å². The van der Waals surface area contributed by atoms with Gasteiger partial charge < -0.3 is 14.3 Å². The van der Waals surface area contributed by atoms with Crippen molar-refractivity contribution in [1.82, 2.24) is 4.57 Å². The van der Waals surface area contributed by atoms with Crippen LogP contribution in [0, 0.1) is 5.41 Å². The normalized spacial score (nSPS) is 13.4. The first-order valence-electron chi connectivity index (χ1n) is 9.36. The Morgan fingerprint density at radius 1 is 1.04 bits per heavy atom. The van der Waals surface area contributed by atoms with Crippen molar-refractivity contribution in [3.63, 3.8) is 0 Å². The maximum Gasteiger partial charge on any atom is 0.192 e. The highest BCUT2D eigenvalue weighted by Gasteiger charge is 2.36. The Morgan fingerprint density at radius 2 is 1.72 bits per heavy atom. The van der Waals surface area contributed by atoms with Crippen LogP contribution < -0.4 is 5.32 Å². The zero-order valence-electron chi connectivity index (χ0n) is 17.4. The second kappa shape index (κ2) is 7.16. The molecule has 0 aliphatic heterocycles. The van der Waals surface area contributed by atoms with Gasteiger partial charge in [-0.05, 0) is 47.8 Å². The summed E-state index contributed by atoms with van der Waals surface area (Å²) < 4.78 is 8.58. The monoisotopic (exact) mass is 360 g/mol. The Morgan fingerprint density at radius 3 is 2.32 bits per heavy atom. The predicted octanol–water partition coefficient (Wildman–Crippen LogP) is 6.12. The van der Waals surface area contributed by atoms with Crippen molar-refractivity contribution in [2.75, 3.05) is 18.5 Å². The minimum Gasteiger partial charge on any atom is -0.415 e. The third kappa shape index (κ3) is 5.35. The number of fused-ring (bicyclic) bond motifs is 1. The first-order valence-corrected chi connectivity index (χ1v) is 12.3. The van der Waals surface area contributed by atoms with Gasteiger partial charge in [-0.1, -0.05) is 41.5 Å². The fourth-order valence-electron chi connectivity index (χ4n) is 2.68. The van der Waals surface area contributed by atoms with Crippen molar-refractivity contribution in [2.24, 2.45) is 5.41 Å². The average Bonchev–Trinajstić information content (AvgIpc) is 2.83. The van der Waals surface area contributed by atoms with Gasteiger partial charge in [-0.3, -0.25) is 0 Å². The molecule has 0 aliphatic carbocycles. The molecule has 0 saturated carbocycles. The van der Waals surface area contributed by atoms with Gasteiger partial charge in [0, 0.05) is 35.9 Å². The number of rotatable bonds is 6. The van der Waals surface area contributed by atoms with Crippen LogP contribution in [0.5, 0.6) is 0 Å². The molecule has 4 heteroatoms. The highest BCUT2D eigenvalue weighted by atomic mass is 28.4. The molecule has 0 bridgehead atoms. The molecule has 0 radical (unpaired) electrons. The second-order valence-electron chi connectivity index (χ2n) is 9.81. The number of hydrogen-bond donors (Lipinski definition) is 1. The summed E-state index contributed by atoms with van der Waals surface area (Å²) >= 11 is 0. The molecular weight excluding hydrogens is 324 g/mol. The second-order valence-corrected chi connectivity index (χ2v) is 14.6. The summed E-state index contributed by atoms with van der Waals surface area (Å²) in [6, 6.07) is 8.84. The van der Waals surface area contributed by atoms with E-state index in [9.17, 15) is 0 Å². The van der Waals surface area contributed by atoms with E-state index < -0.39 is 8.32 Å². The van der Waals surface area contributed by atoms with Gasteiger partial charge in [-0.2, -0.15) is 0 Å². The summed E-state index contributed by atoms with van der Waals surface area (Å²) in [4.78, 5) is 0. The molecule has 2 aromatic rings. The minimum atomic E-state index is -1.65. The molecule has 0 saturated heterocycles. The third-order valence-electron chi connectivity index (χ3n) is 5.12. The Bertz CT molecular complexity index is 705. The molecule has 1 aromatic heterocycles. The van der Waals surface area contributed by atoms with Gasteiger partial charge in [0.15, 0.2) is 8.32 Å². The molecule has 0 atom stereocenters. The molecule has 3 nitrogen and oxygen atoms in total. The number of hydrogen-bond acceptors (Lipinski definition) is 2. The van der Waals surface area contributed by atoms with Crippen LogP contribution in [-0.4, -0.2) is 26.0 Å². The molecule has 0 amide bonds. The Hall–Kier alpha value is -1.26. The first kappa shape index (κ1) is 20.1. The van der Waals surface area contributed by atoms with Crippen LogP contribution in [-0.2, 0) is 11.0 Å². The summed E-state index contributed by atoms with van der Waals surface area (Å²) in [5.74, 6) is 0. The van der Waals surface area contributed by atoms with Crippen LogP contribution in [0.25, 0.3) is 10.9 Å². The van der Waals surface area contributed by atoms with Crippen LogP contribution in [0.1, 0.15) is 41.5 Å². The fraction of sp³-hybridized carbons (Fsp3) is 0.619. The van der Waals surface area contributed by atoms with E-state index in [0.717, 1.165) is 19.7 Å². The number of nitrogens with one attached hydrogen (secondary N) is 1. The molecule has 1 heterocycles. The quantitative estimate of drug-likeness (QED) is 0.496. The molecule has 140 valence electrons. The lowest BCUT2D eigenvalue weighted by Gasteiger charge is -2.36. The van der Waals surface area contributed by atoms with Crippen LogP contribution in [0.4, 0.5) is 5.69 Å². The van der Waals surface area contributed by atoms with Crippen LogP contribution in [0.2, 0.25) is 18.1 Å². The number of nitrogens with zero attached hydrogens (tertiary/aromatic N) is 1. The number of anilines is 1. The highest BCUT2D eigenvalue weighted by Crippen LogP contribution is 2.36. The van der Waals surface area contributed by atoms with Crippen molar-refractivity contribution in [3.05, 3.63) is 30.5 Å². The van der Waals surface area contributed by atoms with Crippen molar-refractivity contribution < 1.29 is 4.43 Å². The summed E-state index contributed by atoms with van der Waals surface area (Å²) in [5, 5.41) is 5.06. The molecule has 2 rings (SSSR count). The van der Waals surface area contributed by atoms with E-state index in [1.807, 2.05) is 0 Å². The van der Waals surface area contributed by atoms with Crippen LogP contribution in [0.3, 0.4) is 0 Å². The van der Waals surface area contributed by atoms with Crippen molar-refractivity contribution >= 4 is 24.9 Å². The predicted molar refractivity (Wildman–Crippen MR) is 113 cm³/mol. The smallest absolute Gasteiger partial charge is 0.192 e. The number of aromatic nitrogens is 1. The van der Waals surface area contributed by atoms with Gasteiger partial charge in [0.1, 0.15) is 0 Å². The van der Waals surface area contributed by atoms with Gasteiger partial charge in [0.25, 0.3) is 0 Å². The Labute approximate surface area is 154 Å². The van der Waals surface area contributed by atoms with E-state index in [1.165, 1.54) is 16.6 Å². The highest BCUT2D eigenvalue weighted by molar-refractivity contribution is 6.74. The standard InChI is InChI=1S/C21H36N2OSi/c1-20(2,3)16-23-13-11-17-15-18(9-10-19(17)23)22-12-14-24-25(7,8)21(4,5)6/h9-11,13,15,22H,12,14,16H2,1-8H3. The van der Waals surface area contributed by atoms with E-state index in [4.69, 9.17) is 4.43 Å². The summed E-state index contributed by atoms with van der Waals surface area (Å²) in [6.45, 7) is 20.9. The Balaban J connectivity index is 1.95. The maximum atomic E-state index is 6.23. The minimum absolute atomic E-state index is 0.266. The molecule has 0 spiro atoms. The summed E-state index contributed by atoms with van der Waals surface area (Å²) in [6.07, 6.45) is 2.19. The molecule has 25 heavy (non-hydrogen) atoms. The fourth-order valence-corrected chi connectivity index (χ4v) is 3.72. The van der Waals surface area contributed by atoms with Crippen molar-refractivity contribution in [2.45, 2.75) is 66.2 Å². The lowest BCUT2D eigenvalue weighted by molar-refractivity contribution is 0.301. The molecule has 1 aromatic carbocycles. The molecule has 1 N–H and O–H groups in total. The SMILES string of the molecule is CC(C)(C)Cn1ccc2cc(NCCO[Si](C)(C)C(C)(C)C)ccc21. The van der Waals surface area contributed by atoms with Gasteiger partial charge in [-0.15, -0.1) is 0 Å². The largest absolute Gasteiger partial charge is 0.415 e. The molecule has 0 aliphatic rings. The molecule has 0 fully saturated rings. The first-order chi connectivity index (χ1) is 11.4. The Kier molecular flexibility index (Phi) is 5.74. The lowest BCUT2D eigenvalue weighted by Crippen LogP contribution is -2.41. The van der Waals surface area contributed by atoms with Gasteiger partial charge >= 0.3 is 0 Å². The van der Waals surface area contributed by atoms with E-state index in [2.05, 4.69) is 95.0 Å². The zero-order valence-corrected chi connectivity index (χ0v) is 18.4. The van der Waals surface area contributed by atoms with E-state index >= 15 is 0 Å². The maximum absolute atomic E-state index is 6.23. The molecule has 0 unspecified atom stereocenters. The summed E-state index contributed by atoms with van der Waals surface area (Å²) in [7, 11) is -1.65. The van der Waals surface area contributed by atoms with E-state index in [-0.39, 0.29) is 10.5 Å².